The van der Waals surface area contributed by atoms with Crippen molar-refractivity contribution in [3.63, 3.8) is 0 Å². The number of amides is 1. The summed E-state index contributed by atoms with van der Waals surface area (Å²) in [5.41, 5.74) is 5.63. The van der Waals surface area contributed by atoms with E-state index in [-0.39, 0.29) is 36.8 Å². The third-order valence-corrected chi connectivity index (χ3v) is 5.76. The monoisotopic (exact) mass is 398 g/mol. The average molecular weight is 399 g/mol. The number of carbonyl (C=O) groups excluding carboxylic acids is 1. The van der Waals surface area contributed by atoms with E-state index in [0.717, 1.165) is 37.3 Å². The minimum atomic E-state index is -0.319. The molecule has 2 aromatic rings. The van der Waals surface area contributed by atoms with Crippen LogP contribution in [0.4, 0.5) is 0 Å². The molecule has 1 aliphatic carbocycles. The number of H-pyrrole nitrogens is 2. The quantitative estimate of drug-likeness (QED) is 0.721. The van der Waals surface area contributed by atoms with E-state index in [2.05, 4.69) is 25.5 Å². The highest BCUT2D eigenvalue weighted by Crippen LogP contribution is 2.39. The number of hydrogen-bond donors (Lipinski definition) is 3. The number of imidazole rings is 1. The Morgan fingerprint density at radius 2 is 2.00 bits per heavy atom. The van der Waals surface area contributed by atoms with Crippen LogP contribution in [0, 0.1) is 0 Å². The first-order valence-electron chi connectivity index (χ1n) is 8.91. The van der Waals surface area contributed by atoms with Crippen LogP contribution in [0.1, 0.15) is 59.6 Å². The molecular weight excluding hydrogens is 375 g/mol. The molecule has 3 aliphatic rings. The average Bonchev–Trinajstić information content (AvgIpc) is 3.19. The van der Waals surface area contributed by atoms with E-state index in [0.29, 0.717) is 12.5 Å². The number of rotatable bonds is 2. The normalized spacial score (nSPS) is 21.7. The van der Waals surface area contributed by atoms with Crippen molar-refractivity contribution in [3.8, 4) is 0 Å². The lowest BCUT2D eigenvalue weighted by atomic mass is 9.80. The van der Waals surface area contributed by atoms with Gasteiger partial charge in [0.05, 0.1) is 17.7 Å². The first kappa shape index (κ1) is 19.2. The predicted octanol–water partition coefficient (Wildman–Crippen LogP) is 2.02. The van der Waals surface area contributed by atoms with E-state index in [9.17, 15) is 4.79 Å². The van der Waals surface area contributed by atoms with Crippen LogP contribution in [-0.4, -0.2) is 44.1 Å². The zero-order chi connectivity index (χ0) is 16.1. The molecule has 5 rings (SSSR count). The van der Waals surface area contributed by atoms with Gasteiger partial charge in [0.1, 0.15) is 6.04 Å². The summed E-state index contributed by atoms with van der Waals surface area (Å²) >= 11 is 0. The molecule has 0 aromatic carbocycles. The fraction of sp³-hybridized carbons (Fsp3) is 0.588. The van der Waals surface area contributed by atoms with Crippen LogP contribution in [0.5, 0.6) is 0 Å². The Hall–Kier alpha value is -1.57. The van der Waals surface area contributed by atoms with Gasteiger partial charge in [0.15, 0.2) is 0 Å². The molecule has 4 heterocycles. The molecule has 1 amide bonds. The maximum atomic E-state index is 13.1. The number of nitrogens with zero attached hydrogens (tertiary/aromatic N) is 3. The Morgan fingerprint density at radius 1 is 1.15 bits per heavy atom. The summed E-state index contributed by atoms with van der Waals surface area (Å²) < 4.78 is 0. The van der Waals surface area contributed by atoms with Crippen LogP contribution in [-0.2, 0) is 24.2 Å². The van der Waals surface area contributed by atoms with Gasteiger partial charge < -0.3 is 15.2 Å². The number of fused-ring (bicyclic) bond motifs is 2. The van der Waals surface area contributed by atoms with Gasteiger partial charge in [-0.2, -0.15) is 5.10 Å². The minimum absolute atomic E-state index is 0. The molecule has 1 unspecified atom stereocenters. The van der Waals surface area contributed by atoms with Gasteiger partial charge in [-0.1, -0.05) is 6.42 Å². The Labute approximate surface area is 164 Å². The van der Waals surface area contributed by atoms with Gasteiger partial charge in [0.2, 0.25) is 5.91 Å². The van der Waals surface area contributed by atoms with Gasteiger partial charge in [-0.15, -0.1) is 24.8 Å². The van der Waals surface area contributed by atoms with Crippen LogP contribution >= 0.6 is 24.8 Å². The van der Waals surface area contributed by atoms with Gasteiger partial charge in [0, 0.05) is 55.3 Å². The second-order valence-corrected chi connectivity index (χ2v) is 7.11. The SMILES string of the molecule is Cl.Cl.O=C(C1NCCc2[nH]cnc21)N1CCc2[nH]nc(C3CCC3)c2C1. The molecule has 26 heavy (non-hydrogen) atoms. The van der Waals surface area contributed by atoms with E-state index in [1.54, 1.807) is 6.33 Å². The van der Waals surface area contributed by atoms with Crippen LogP contribution in [0.2, 0.25) is 0 Å². The van der Waals surface area contributed by atoms with Crippen molar-refractivity contribution in [2.75, 3.05) is 13.1 Å². The first-order chi connectivity index (χ1) is 11.8. The second kappa shape index (κ2) is 7.58. The van der Waals surface area contributed by atoms with E-state index in [4.69, 9.17) is 0 Å². The van der Waals surface area contributed by atoms with Crippen molar-refractivity contribution in [2.45, 2.75) is 50.6 Å². The Bertz CT molecular complexity index is 784. The highest BCUT2D eigenvalue weighted by atomic mass is 35.5. The fourth-order valence-corrected chi connectivity index (χ4v) is 4.13. The van der Waals surface area contributed by atoms with Crippen molar-refractivity contribution >= 4 is 30.7 Å². The second-order valence-electron chi connectivity index (χ2n) is 7.11. The number of aromatic amines is 2. The van der Waals surface area contributed by atoms with Crippen molar-refractivity contribution in [1.29, 1.82) is 0 Å². The van der Waals surface area contributed by atoms with Crippen molar-refractivity contribution in [1.82, 2.24) is 30.4 Å². The van der Waals surface area contributed by atoms with Gasteiger partial charge in [-0.25, -0.2) is 4.98 Å². The summed E-state index contributed by atoms with van der Waals surface area (Å²) in [6, 6.07) is -0.319. The summed E-state index contributed by atoms with van der Waals surface area (Å²) in [4.78, 5) is 22.6. The number of hydrogen-bond acceptors (Lipinski definition) is 4. The molecular formula is C17H24Cl2N6O. The molecule has 0 saturated heterocycles. The molecule has 2 aliphatic heterocycles. The molecule has 2 aromatic heterocycles. The fourth-order valence-electron chi connectivity index (χ4n) is 4.13. The molecule has 1 saturated carbocycles. The van der Waals surface area contributed by atoms with Crippen LogP contribution < -0.4 is 5.32 Å². The Morgan fingerprint density at radius 3 is 2.77 bits per heavy atom. The maximum Gasteiger partial charge on any atom is 0.246 e. The lowest BCUT2D eigenvalue weighted by Gasteiger charge is -2.33. The zero-order valence-electron chi connectivity index (χ0n) is 14.5. The molecule has 9 heteroatoms. The summed E-state index contributed by atoms with van der Waals surface area (Å²) in [5, 5.41) is 11.1. The highest BCUT2D eigenvalue weighted by Gasteiger charge is 2.35. The summed E-state index contributed by atoms with van der Waals surface area (Å²) in [5.74, 6) is 0.722. The summed E-state index contributed by atoms with van der Waals surface area (Å²) in [7, 11) is 0. The van der Waals surface area contributed by atoms with E-state index >= 15 is 0 Å². The third kappa shape index (κ3) is 3.02. The third-order valence-electron chi connectivity index (χ3n) is 5.76. The minimum Gasteiger partial charge on any atom is -0.348 e. The molecule has 7 nitrogen and oxygen atoms in total. The zero-order valence-corrected chi connectivity index (χ0v) is 16.1. The largest absolute Gasteiger partial charge is 0.348 e. The summed E-state index contributed by atoms with van der Waals surface area (Å²) in [6.45, 7) is 2.23. The van der Waals surface area contributed by atoms with Gasteiger partial charge in [0.25, 0.3) is 0 Å². The molecule has 3 N–H and O–H groups in total. The smallest absolute Gasteiger partial charge is 0.246 e. The lowest BCUT2D eigenvalue weighted by Crippen LogP contribution is -2.45. The number of halogens is 2. The van der Waals surface area contributed by atoms with Crippen LogP contribution in [0.25, 0.3) is 0 Å². The van der Waals surface area contributed by atoms with E-state index in [1.807, 2.05) is 4.90 Å². The maximum absolute atomic E-state index is 13.1. The van der Waals surface area contributed by atoms with Gasteiger partial charge in [-0.3, -0.25) is 9.89 Å². The molecule has 0 spiro atoms. The number of nitrogens with one attached hydrogen (secondary N) is 3. The molecule has 0 radical (unpaired) electrons. The van der Waals surface area contributed by atoms with Crippen molar-refractivity contribution in [3.05, 3.63) is 34.7 Å². The summed E-state index contributed by atoms with van der Waals surface area (Å²) in [6.07, 6.45) is 7.20. The van der Waals surface area contributed by atoms with E-state index in [1.165, 1.54) is 36.2 Å². The van der Waals surface area contributed by atoms with Gasteiger partial charge >= 0.3 is 0 Å². The Kier molecular flexibility index (Phi) is 5.60. The van der Waals surface area contributed by atoms with Crippen molar-refractivity contribution < 1.29 is 4.79 Å². The molecule has 1 fully saturated rings. The van der Waals surface area contributed by atoms with Crippen LogP contribution in [0.3, 0.4) is 0 Å². The molecule has 0 bridgehead atoms. The van der Waals surface area contributed by atoms with Gasteiger partial charge in [-0.05, 0) is 12.8 Å². The highest BCUT2D eigenvalue weighted by molar-refractivity contribution is 5.85. The van der Waals surface area contributed by atoms with E-state index < -0.39 is 0 Å². The number of aromatic nitrogens is 4. The lowest BCUT2D eigenvalue weighted by molar-refractivity contribution is -0.134. The topological polar surface area (TPSA) is 89.7 Å². The standard InChI is InChI=1S/C17H22N6O.2ClH/c24-17(16-15-13(4-6-18-16)19-9-20-15)23-7-5-12-11(8-23)14(22-21-12)10-2-1-3-10;;/h9-10,16,18H,1-8H2,(H,19,20)(H,21,22);2*1H. The van der Waals surface area contributed by atoms with Crippen LogP contribution in [0.15, 0.2) is 6.33 Å². The first-order valence-corrected chi connectivity index (χ1v) is 8.91. The molecule has 1 atom stereocenters. The molecule has 142 valence electrons. The Balaban J connectivity index is 0.000000980. The van der Waals surface area contributed by atoms with Crippen molar-refractivity contribution in [2.24, 2.45) is 0 Å². The number of carbonyl (C=O) groups is 1. The predicted molar refractivity (Wildman–Crippen MR) is 102 cm³/mol.